The Balaban J connectivity index is 3.11. The molecule has 0 unspecified atom stereocenters. The normalized spacial score (nSPS) is 9.62. The summed E-state index contributed by atoms with van der Waals surface area (Å²) in [7, 11) is 0. The molecule has 0 aliphatic rings. The van der Waals surface area contributed by atoms with Gasteiger partial charge in [0.2, 0.25) is 0 Å². The smallest absolute Gasteiger partial charge is 0.147 e. The third-order valence-electron chi connectivity index (χ3n) is 0.653. The number of nitrogens with one attached hydrogen (secondary N) is 1. The summed E-state index contributed by atoms with van der Waals surface area (Å²) in [6.45, 7) is 0. The molecule has 1 aromatic rings. The Labute approximate surface area is 60.5 Å². The lowest BCUT2D eigenvalue weighted by atomic mass is 11.0. The first-order valence-corrected chi connectivity index (χ1v) is 4.37. The quantitative estimate of drug-likeness (QED) is 0.508. The number of hydrogen-bond donors (Lipinski definition) is 1. The lowest BCUT2D eigenvalue weighted by Crippen LogP contribution is -1.66. The second-order valence-corrected chi connectivity index (χ2v) is 3.36. The van der Waals surface area contributed by atoms with E-state index in [1.807, 2.05) is 6.26 Å². The van der Waals surface area contributed by atoms with Gasteiger partial charge >= 0.3 is 0 Å². The zero-order valence-corrected chi connectivity index (χ0v) is 6.62. The second-order valence-electron chi connectivity index (χ2n) is 1.10. The molecule has 5 heteroatoms. The van der Waals surface area contributed by atoms with Crippen LogP contribution in [0.2, 0.25) is 0 Å². The van der Waals surface area contributed by atoms with E-state index in [4.69, 9.17) is 12.2 Å². The van der Waals surface area contributed by atoms with Crippen LogP contribution in [0.5, 0.6) is 0 Å². The molecule has 0 aromatic carbocycles. The molecule has 8 heavy (non-hydrogen) atoms. The summed E-state index contributed by atoms with van der Waals surface area (Å²) >= 11 is 7.84. The molecule has 0 saturated carbocycles. The average Bonchev–Trinajstić information content (AvgIpc) is 2.14. The van der Waals surface area contributed by atoms with Crippen molar-refractivity contribution in [1.82, 2.24) is 9.59 Å². The molecule has 2 nitrogen and oxygen atoms in total. The standard InChI is InChI=1S/C3H4N2S3/c1-7-2-3(6)8-5-4-2/h5H,1H3. The molecular formula is C3H4N2S3. The lowest BCUT2D eigenvalue weighted by molar-refractivity contribution is 1.03. The van der Waals surface area contributed by atoms with Gasteiger partial charge in [0.1, 0.15) is 8.85 Å². The SMILES string of the molecule is CSc1n[nH]sc1=S. The molecular weight excluding hydrogens is 160 g/mol. The average molecular weight is 164 g/mol. The molecule has 0 saturated heterocycles. The van der Waals surface area contributed by atoms with Crippen LogP contribution in [0.1, 0.15) is 0 Å². The van der Waals surface area contributed by atoms with Crippen LogP contribution in [0.3, 0.4) is 0 Å². The van der Waals surface area contributed by atoms with E-state index in [1.165, 1.54) is 11.5 Å². The molecule has 0 bridgehead atoms. The first-order chi connectivity index (χ1) is 3.84. The highest BCUT2D eigenvalue weighted by Gasteiger charge is 1.92. The molecule has 1 N–H and O–H groups in total. The number of aromatic amines is 1. The first kappa shape index (κ1) is 6.25. The highest BCUT2D eigenvalue weighted by atomic mass is 32.2. The van der Waals surface area contributed by atoms with Crippen molar-refractivity contribution in [3.63, 3.8) is 0 Å². The van der Waals surface area contributed by atoms with Crippen LogP contribution in [0.15, 0.2) is 5.03 Å². The Morgan fingerprint density at radius 1 is 1.88 bits per heavy atom. The fraction of sp³-hybridized carbons (Fsp3) is 0.333. The van der Waals surface area contributed by atoms with Crippen LogP contribution in [0, 0.1) is 3.82 Å². The van der Waals surface area contributed by atoms with Gasteiger partial charge in [-0.25, -0.2) is 4.49 Å². The zero-order valence-electron chi connectivity index (χ0n) is 4.17. The maximum atomic E-state index is 4.89. The van der Waals surface area contributed by atoms with Gasteiger partial charge in [-0.1, -0.05) is 12.2 Å². The number of thioether (sulfide) groups is 1. The van der Waals surface area contributed by atoms with Crippen molar-refractivity contribution in [1.29, 1.82) is 0 Å². The lowest BCUT2D eigenvalue weighted by Gasteiger charge is -1.77. The fourth-order valence-electron chi connectivity index (χ4n) is 0.324. The van der Waals surface area contributed by atoms with Crippen molar-refractivity contribution in [2.24, 2.45) is 0 Å². The second kappa shape index (κ2) is 2.61. The molecule has 1 aromatic heterocycles. The maximum Gasteiger partial charge on any atom is 0.147 e. The third kappa shape index (κ3) is 1.10. The van der Waals surface area contributed by atoms with Gasteiger partial charge in [-0.3, -0.25) is 0 Å². The van der Waals surface area contributed by atoms with E-state index in [9.17, 15) is 0 Å². The minimum absolute atomic E-state index is 0.845. The zero-order chi connectivity index (χ0) is 5.98. The van der Waals surface area contributed by atoms with E-state index in [0.29, 0.717) is 0 Å². The highest BCUT2D eigenvalue weighted by Crippen LogP contribution is 2.13. The number of nitrogens with zero attached hydrogens (tertiary/aromatic N) is 1. The molecule has 1 heterocycles. The van der Waals surface area contributed by atoms with E-state index in [1.54, 1.807) is 11.8 Å². The summed E-state index contributed by atoms with van der Waals surface area (Å²) in [6, 6.07) is 0. The van der Waals surface area contributed by atoms with E-state index in [0.717, 1.165) is 8.85 Å². The summed E-state index contributed by atoms with van der Waals surface area (Å²) in [5, 5.41) is 4.81. The predicted octanol–water partition coefficient (Wildman–Crippen LogP) is 1.92. The van der Waals surface area contributed by atoms with Crippen LogP contribution in [-0.4, -0.2) is 15.8 Å². The summed E-state index contributed by atoms with van der Waals surface area (Å²) in [5.74, 6) is 0. The van der Waals surface area contributed by atoms with Crippen LogP contribution < -0.4 is 0 Å². The molecule has 0 amide bonds. The van der Waals surface area contributed by atoms with E-state index in [-0.39, 0.29) is 0 Å². The number of hydrogen-bond acceptors (Lipinski definition) is 4. The molecule has 1 rings (SSSR count). The molecule has 44 valence electrons. The molecule has 0 radical (unpaired) electrons. The molecule has 0 aliphatic heterocycles. The fourth-order valence-corrected chi connectivity index (χ4v) is 1.82. The Hall–Kier alpha value is 0.130. The summed E-state index contributed by atoms with van der Waals surface area (Å²) in [4.78, 5) is 0. The van der Waals surface area contributed by atoms with Gasteiger partial charge in [-0.05, 0) is 17.8 Å². The van der Waals surface area contributed by atoms with Gasteiger partial charge in [0, 0.05) is 0 Å². The van der Waals surface area contributed by atoms with Gasteiger partial charge in [0.15, 0.2) is 0 Å². The number of rotatable bonds is 1. The maximum absolute atomic E-state index is 4.89. The van der Waals surface area contributed by atoms with Gasteiger partial charge in [0.25, 0.3) is 0 Å². The van der Waals surface area contributed by atoms with E-state index >= 15 is 0 Å². The molecule has 0 spiro atoms. The van der Waals surface area contributed by atoms with Crippen LogP contribution in [0.25, 0.3) is 0 Å². The molecule has 0 aliphatic carbocycles. The highest BCUT2D eigenvalue weighted by molar-refractivity contribution is 7.98. The Morgan fingerprint density at radius 3 is 2.88 bits per heavy atom. The van der Waals surface area contributed by atoms with Crippen molar-refractivity contribution in [3.05, 3.63) is 3.82 Å². The molecule has 0 fully saturated rings. The molecule has 0 atom stereocenters. The van der Waals surface area contributed by atoms with E-state index < -0.39 is 0 Å². The topological polar surface area (TPSA) is 28.7 Å². The summed E-state index contributed by atoms with van der Waals surface area (Å²) in [5.41, 5.74) is 0. The first-order valence-electron chi connectivity index (χ1n) is 1.92. The summed E-state index contributed by atoms with van der Waals surface area (Å²) in [6.07, 6.45) is 1.96. The van der Waals surface area contributed by atoms with Crippen molar-refractivity contribution >= 4 is 35.5 Å². The number of H-pyrrole nitrogens is 1. The Kier molecular flexibility index (Phi) is 2.04. The van der Waals surface area contributed by atoms with Crippen molar-refractivity contribution in [2.45, 2.75) is 5.03 Å². The van der Waals surface area contributed by atoms with Crippen LogP contribution >= 0.6 is 35.5 Å². The van der Waals surface area contributed by atoms with Crippen molar-refractivity contribution in [3.8, 4) is 0 Å². The predicted molar refractivity (Wildman–Crippen MR) is 39.1 cm³/mol. The third-order valence-corrected chi connectivity index (χ3v) is 2.60. The van der Waals surface area contributed by atoms with Crippen molar-refractivity contribution < 1.29 is 0 Å². The van der Waals surface area contributed by atoms with Gasteiger partial charge in [-0.15, -0.1) is 11.8 Å². The summed E-state index contributed by atoms with van der Waals surface area (Å²) < 4.78 is 3.56. The largest absolute Gasteiger partial charge is 0.230 e. The van der Waals surface area contributed by atoms with Gasteiger partial charge in [0.05, 0.1) is 0 Å². The minimum Gasteiger partial charge on any atom is -0.230 e. The monoisotopic (exact) mass is 164 g/mol. The number of aromatic nitrogens is 2. The minimum atomic E-state index is 0.845. The Bertz CT molecular complexity index is 212. The Morgan fingerprint density at radius 2 is 2.62 bits per heavy atom. The van der Waals surface area contributed by atoms with Crippen LogP contribution in [-0.2, 0) is 0 Å². The van der Waals surface area contributed by atoms with Crippen LogP contribution in [0.4, 0.5) is 0 Å². The van der Waals surface area contributed by atoms with Gasteiger partial charge < -0.3 is 0 Å². The van der Waals surface area contributed by atoms with Crippen molar-refractivity contribution in [2.75, 3.05) is 6.26 Å². The van der Waals surface area contributed by atoms with Gasteiger partial charge in [-0.2, -0.15) is 5.10 Å². The van der Waals surface area contributed by atoms with E-state index in [2.05, 4.69) is 9.59 Å².